The van der Waals surface area contributed by atoms with Crippen LogP contribution in [0.4, 0.5) is 0 Å². The van der Waals surface area contributed by atoms with Crippen LogP contribution in [0, 0.1) is 0 Å². The molecule has 0 radical (unpaired) electrons. The van der Waals surface area contributed by atoms with Crippen LogP contribution < -0.4 is 22.4 Å². The Morgan fingerprint density at radius 2 is 2.05 bits per heavy atom. The van der Waals surface area contributed by atoms with E-state index in [0.717, 1.165) is 5.56 Å². The van der Waals surface area contributed by atoms with Crippen LogP contribution in [0.3, 0.4) is 0 Å². The van der Waals surface area contributed by atoms with Crippen molar-refractivity contribution in [2.45, 2.75) is 11.3 Å². The zero-order valence-corrected chi connectivity index (χ0v) is 13.7. The fourth-order valence-electron chi connectivity index (χ4n) is 2.11. The maximum Gasteiger partial charge on any atom is 0.177 e. The van der Waals surface area contributed by atoms with E-state index in [1.807, 2.05) is 30.3 Å². The summed E-state index contributed by atoms with van der Waals surface area (Å²) in [5, 5.41) is 4.87. The number of nitrogens with zero attached hydrogens (tertiary/aromatic N) is 2. The topological polar surface area (TPSA) is 70.9 Å². The zero-order chi connectivity index (χ0) is 13.3. The van der Waals surface area contributed by atoms with Gasteiger partial charge in [-0.1, -0.05) is 42.1 Å². The summed E-state index contributed by atoms with van der Waals surface area (Å²) in [6.07, 6.45) is 1.72. The van der Waals surface area contributed by atoms with Gasteiger partial charge in [0.2, 0.25) is 0 Å². The van der Waals surface area contributed by atoms with Crippen LogP contribution in [0.25, 0.3) is 0 Å². The van der Waals surface area contributed by atoms with Gasteiger partial charge in [0.1, 0.15) is 0 Å². The molecular formula is C12H13BrN3O2S2-. The highest BCUT2D eigenvalue weighted by atomic mass is 79.9. The van der Waals surface area contributed by atoms with E-state index < -0.39 is 9.84 Å². The molecule has 1 N–H and O–H groups in total. The summed E-state index contributed by atoms with van der Waals surface area (Å²) in [5.74, 6) is 0.387. The van der Waals surface area contributed by atoms with Gasteiger partial charge in [0.15, 0.2) is 15.0 Å². The number of sulfone groups is 1. The number of thioether (sulfide) groups is 1. The summed E-state index contributed by atoms with van der Waals surface area (Å²) in [5.41, 5.74) is 3.87. The van der Waals surface area contributed by atoms with Crippen molar-refractivity contribution in [1.82, 2.24) is 5.43 Å². The number of aliphatic imine (C=N–C) groups is 1. The third-order valence-electron chi connectivity index (χ3n) is 2.99. The number of hydrogen-bond acceptors (Lipinski definition) is 6. The van der Waals surface area contributed by atoms with E-state index in [-0.39, 0.29) is 39.8 Å². The normalized spacial score (nSPS) is 26.9. The minimum absolute atomic E-state index is 0. The van der Waals surface area contributed by atoms with Gasteiger partial charge in [0.05, 0.1) is 23.8 Å². The van der Waals surface area contributed by atoms with Gasteiger partial charge in [0, 0.05) is 5.25 Å². The van der Waals surface area contributed by atoms with Crippen LogP contribution in [0.5, 0.6) is 0 Å². The Labute approximate surface area is 132 Å². The summed E-state index contributed by atoms with van der Waals surface area (Å²) >= 11 is 1.46. The Kier molecular flexibility index (Phi) is 4.87. The summed E-state index contributed by atoms with van der Waals surface area (Å²) < 4.78 is 22.8. The smallest absolute Gasteiger partial charge is 0.177 e. The lowest BCUT2D eigenvalue weighted by atomic mass is 10.2. The van der Waals surface area contributed by atoms with Crippen LogP contribution in [0.2, 0.25) is 0 Å². The largest absolute Gasteiger partial charge is 1.00 e. The van der Waals surface area contributed by atoms with E-state index in [1.54, 1.807) is 6.21 Å². The summed E-state index contributed by atoms with van der Waals surface area (Å²) in [6.45, 7) is 0. The SMILES string of the molecule is O=S1(=O)C[C@@H]2N=C(NN=Cc3ccccc3)S[C@@H]2C1.[Br-]. The molecule has 8 heteroatoms. The summed E-state index contributed by atoms with van der Waals surface area (Å²) in [4.78, 5) is 4.35. The van der Waals surface area contributed by atoms with Crippen LogP contribution in [0.1, 0.15) is 5.56 Å². The predicted molar refractivity (Wildman–Crippen MR) is 78.4 cm³/mol. The molecule has 0 spiro atoms. The van der Waals surface area contributed by atoms with Gasteiger partial charge in [-0.15, -0.1) is 0 Å². The molecule has 0 bridgehead atoms. The highest BCUT2D eigenvalue weighted by molar-refractivity contribution is 8.15. The van der Waals surface area contributed by atoms with Crippen molar-refractivity contribution < 1.29 is 25.4 Å². The van der Waals surface area contributed by atoms with Crippen molar-refractivity contribution >= 4 is 33.0 Å². The molecule has 0 amide bonds. The number of benzene rings is 1. The molecule has 5 nitrogen and oxygen atoms in total. The molecule has 0 unspecified atom stereocenters. The van der Waals surface area contributed by atoms with E-state index in [4.69, 9.17) is 0 Å². The van der Waals surface area contributed by atoms with Crippen molar-refractivity contribution in [3.63, 3.8) is 0 Å². The fraction of sp³-hybridized carbons (Fsp3) is 0.333. The number of hydrazone groups is 1. The summed E-state index contributed by atoms with van der Waals surface area (Å²) in [7, 11) is -2.89. The molecule has 1 aromatic carbocycles. The average molecular weight is 375 g/mol. The van der Waals surface area contributed by atoms with Gasteiger partial charge in [-0.2, -0.15) is 5.10 Å². The first-order chi connectivity index (χ1) is 9.12. The second-order valence-electron chi connectivity index (χ2n) is 4.52. The number of rotatable bonds is 2. The molecule has 0 aliphatic carbocycles. The first-order valence-electron chi connectivity index (χ1n) is 5.91. The highest BCUT2D eigenvalue weighted by Gasteiger charge is 2.42. The minimum Gasteiger partial charge on any atom is -1.00 e. The maximum atomic E-state index is 11.4. The molecule has 3 rings (SSSR count). The fourth-order valence-corrected chi connectivity index (χ4v) is 5.72. The lowest BCUT2D eigenvalue weighted by Gasteiger charge is -2.01. The highest BCUT2D eigenvalue weighted by Crippen LogP contribution is 2.33. The number of hydrogen-bond donors (Lipinski definition) is 1. The molecule has 2 aliphatic rings. The number of fused-ring (bicyclic) bond motifs is 1. The molecule has 0 aromatic heterocycles. The lowest BCUT2D eigenvalue weighted by Crippen LogP contribution is -3.00. The minimum atomic E-state index is -2.89. The van der Waals surface area contributed by atoms with E-state index in [2.05, 4.69) is 15.5 Å². The van der Waals surface area contributed by atoms with Gasteiger partial charge < -0.3 is 17.0 Å². The van der Waals surface area contributed by atoms with Crippen molar-refractivity contribution in [2.75, 3.05) is 11.5 Å². The monoisotopic (exact) mass is 374 g/mol. The lowest BCUT2D eigenvalue weighted by molar-refractivity contribution is -0.00000623. The number of nitrogens with one attached hydrogen (secondary N) is 1. The predicted octanol–water partition coefficient (Wildman–Crippen LogP) is -2.12. The number of halogens is 1. The van der Waals surface area contributed by atoms with Crippen molar-refractivity contribution in [2.24, 2.45) is 10.1 Å². The maximum absolute atomic E-state index is 11.4. The molecule has 1 fully saturated rings. The Morgan fingerprint density at radius 1 is 1.30 bits per heavy atom. The van der Waals surface area contributed by atoms with Crippen molar-refractivity contribution in [3.8, 4) is 0 Å². The Balaban J connectivity index is 0.00000147. The molecule has 1 saturated heterocycles. The molecule has 0 saturated carbocycles. The first kappa shape index (κ1) is 15.5. The molecule has 1 aromatic rings. The molecular weight excluding hydrogens is 362 g/mol. The second-order valence-corrected chi connectivity index (χ2v) is 7.90. The van der Waals surface area contributed by atoms with Gasteiger partial charge in [0.25, 0.3) is 0 Å². The molecule has 2 atom stereocenters. The van der Waals surface area contributed by atoms with Crippen LogP contribution in [0.15, 0.2) is 40.4 Å². The van der Waals surface area contributed by atoms with Crippen LogP contribution >= 0.6 is 11.8 Å². The quantitative estimate of drug-likeness (QED) is 0.474. The molecule has 108 valence electrons. The van der Waals surface area contributed by atoms with Crippen molar-refractivity contribution in [3.05, 3.63) is 35.9 Å². The Morgan fingerprint density at radius 3 is 2.75 bits per heavy atom. The third-order valence-corrected chi connectivity index (χ3v) is 6.12. The van der Waals surface area contributed by atoms with E-state index in [0.29, 0.717) is 5.17 Å². The van der Waals surface area contributed by atoms with E-state index in [9.17, 15) is 8.42 Å². The van der Waals surface area contributed by atoms with Gasteiger partial charge in [-0.3, -0.25) is 10.4 Å². The Bertz CT molecular complexity index is 631. The molecule has 2 heterocycles. The van der Waals surface area contributed by atoms with Gasteiger partial charge >= 0.3 is 0 Å². The summed E-state index contributed by atoms with van der Waals surface area (Å²) in [6, 6.07) is 9.64. The van der Waals surface area contributed by atoms with Crippen molar-refractivity contribution in [1.29, 1.82) is 0 Å². The Hall–Kier alpha value is -0.860. The second kappa shape index (κ2) is 6.28. The standard InChI is InChI=1S/C12H13N3O2S2.BrH/c16-19(17)7-10-11(8-19)18-12(14-10)15-13-6-9-4-2-1-3-5-9;/h1-6,10-11H,7-8H2,(H,14,15);1H/p-1/t10-,11+;/m0./s1. The number of amidine groups is 1. The van der Waals surface area contributed by atoms with Crippen LogP contribution in [-0.2, 0) is 9.84 Å². The first-order valence-corrected chi connectivity index (χ1v) is 8.61. The average Bonchev–Trinajstić information content (AvgIpc) is 2.83. The molecule has 2 aliphatic heterocycles. The van der Waals surface area contributed by atoms with Gasteiger partial charge in [-0.05, 0) is 5.56 Å². The zero-order valence-electron chi connectivity index (χ0n) is 10.4. The van der Waals surface area contributed by atoms with E-state index in [1.165, 1.54) is 11.8 Å². The van der Waals surface area contributed by atoms with Gasteiger partial charge in [-0.25, -0.2) is 8.42 Å². The van der Waals surface area contributed by atoms with E-state index >= 15 is 0 Å². The third kappa shape index (κ3) is 3.62. The van der Waals surface area contributed by atoms with Crippen LogP contribution in [-0.4, -0.2) is 42.6 Å². The molecule has 20 heavy (non-hydrogen) atoms.